The second-order valence-electron chi connectivity index (χ2n) is 24.5. The van der Waals surface area contributed by atoms with Crippen molar-refractivity contribution in [1.82, 2.24) is 0 Å². The van der Waals surface area contributed by atoms with Gasteiger partial charge < -0.3 is 19.1 Å². The summed E-state index contributed by atoms with van der Waals surface area (Å²) in [7, 11) is 0. The highest BCUT2D eigenvalue weighted by molar-refractivity contribution is 7.33. The number of furan rings is 1. The van der Waals surface area contributed by atoms with E-state index in [0.717, 1.165) is 39.4 Å². The summed E-state index contributed by atoms with van der Waals surface area (Å²) >= 11 is 3.82. The van der Waals surface area contributed by atoms with Crippen LogP contribution >= 0.6 is 22.7 Å². The summed E-state index contributed by atoms with van der Waals surface area (Å²) in [6, 6.07) is 70.7. The molecule has 0 fully saturated rings. The highest BCUT2D eigenvalue weighted by Crippen LogP contribution is 2.52. The van der Waals surface area contributed by atoms with Crippen LogP contribution in [0.3, 0.4) is 0 Å². The molecule has 14 rings (SSSR count). The molecule has 0 bridgehead atoms. The first kappa shape index (κ1) is 50.1. The third-order valence-electron chi connectivity index (χ3n) is 16.8. The Morgan fingerprint density at radius 2 is 1.07 bits per heavy atom. The van der Waals surface area contributed by atoms with Gasteiger partial charge in [0.25, 0.3) is 6.71 Å². The SMILES string of the molecule is Cc1cc2c3c(c1)N(c1c(C)cc(C(C)(C)C)cc1C)c1c(sc4ccc(C(C)(C)C)cc14)B3c1ccc(N(c3cccc(-c4cc5ccccc5o4)c3)c3cccc(-c4cc5ccccc5s4)c3)cc1N2c1c(C)cccc1C. The summed E-state index contributed by atoms with van der Waals surface area (Å²) in [5.74, 6) is 0.845. The average molecular weight is 1070 g/mol. The van der Waals surface area contributed by atoms with Crippen molar-refractivity contribution in [2.24, 2.45) is 0 Å². The van der Waals surface area contributed by atoms with Crippen LogP contribution in [-0.4, -0.2) is 6.71 Å². The van der Waals surface area contributed by atoms with Crippen LogP contribution in [0.25, 0.3) is 52.9 Å². The van der Waals surface area contributed by atoms with E-state index in [2.05, 4.69) is 267 Å². The monoisotopic (exact) mass is 1070 g/mol. The van der Waals surface area contributed by atoms with Gasteiger partial charge in [-0.15, -0.1) is 22.7 Å². The molecule has 0 radical (unpaired) electrons. The van der Waals surface area contributed by atoms with Gasteiger partial charge in [-0.25, -0.2) is 0 Å². The predicted octanol–water partition coefficient (Wildman–Crippen LogP) is 19.9. The molecule has 0 saturated heterocycles. The molecule has 0 N–H and O–H groups in total. The number of para-hydroxylation sites is 2. The molecule has 0 saturated carbocycles. The van der Waals surface area contributed by atoms with Crippen molar-refractivity contribution in [1.29, 1.82) is 0 Å². The summed E-state index contributed by atoms with van der Waals surface area (Å²) in [6.07, 6.45) is 0. The Kier molecular flexibility index (Phi) is 11.6. The maximum Gasteiger partial charge on any atom is 0.264 e. The number of hydrogen-bond donors (Lipinski definition) is 0. The van der Waals surface area contributed by atoms with E-state index < -0.39 is 0 Å². The van der Waals surface area contributed by atoms with E-state index in [4.69, 9.17) is 4.42 Å². The smallest absolute Gasteiger partial charge is 0.264 e. The Morgan fingerprint density at radius 3 is 1.77 bits per heavy atom. The van der Waals surface area contributed by atoms with Crippen LogP contribution in [0.1, 0.15) is 80.5 Å². The predicted molar refractivity (Wildman–Crippen MR) is 348 cm³/mol. The van der Waals surface area contributed by atoms with Crippen molar-refractivity contribution >= 4 is 127 Å². The number of nitrogens with zero attached hydrogens (tertiary/aromatic N) is 3. The van der Waals surface area contributed by atoms with E-state index in [0.29, 0.717) is 0 Å². The van der Waals surface area contributed by atoms with Crippen molar-refractivity contribution < 1.29 is 4.42 Å². The maximum atomic E-state index is 6.56. The van der Waals surface area contributed by atoms with E-state index >= 15 is 0 Å². The van der Waals surface area contributed by atoms with E-state index in [1.54, 1.807) is 0 Å². The second kappa shape index (κ2) is 18.5. The maximum absolute atomic E-state index is 6.56. The summed E-state index contributed by atoms with van der Waals surface area (Å²) in [5.41, 5.74) is 25.3. The fraction of sp³-hybridized carbons (Fsp3) is 0.178. The third kappa shape index (κ3) is 8.14. The lowest BCUT2D eigenvalue weighted by Gasteiger charge is -2.45. The minimum Gasteiger partial charge on any atom is -0.456 e. The zero-order chi connectivity index (χ0) is 55.1. The molecule has 0 spiro atoms. The molecule has 4 nitrogen and oxygen atoms in total. The first-order valence-electron chi connectivity index (χ1n) is 28.1. The largest absolute Gasteiger partial charge is 0.456 e. The first-order valence-corrected chi connectivity index (χ1v) is 29.7. The van der Waals surface area contributed by atoms with Gasteiger partial charge in [0, 0.05) is 69.5 Å². The van der Waals surface area contributed by atoms with Crippen LogP contribution in [0.2, 0.25) is 0 Å². The topological polar surface area (TPSA) is 22.9 Å². The average Bonchev–Trinajstić information content (AvgIpc) is 4.03. The molecule has 80 heavy (non-hydrogen) atoms. The molecule has 0 amide bonds. The van der Waals surface area contributed by atoms with E-state index in [1.807, 2.05) is 34.8 Å². The Balaban J connectivity index is 1.04. The van der Waals surface area contributed by atoms with Crippen molar-refractivity contribution in [3.63, 3.8) is 0 Å². The number of hydrogen-bond acceptors (Lipinski definition) is 6. The molecule has 2 aliphatic rings. The molecular weight excluding hydrogens is 1010 g/mol. The number of aryl methyl sites for hydroxylation is 5. The van der Waals surface area contributed by atoms with Gasteiger partial charge in [-0.05, 0) is 191 Å². The lowest BCUT2D eigenvalue weighted by atomic mass is 9.36. The summed E-state index contributed by atoms with van der Waals surface area (Å²) < 4.78 is 10.5. The summed E-state index contributed by atoms with van der Waals surface area (Å²) in [6.45, 7) is 25.5. The zero-order valence-electron chi connectivity index (χ0n) is 47.5. The molecule has 12 aromatic rings. The van der Waals surface area contributed by atoms with Gasteiger partial charge in [-0.2, -0.15) is 0 Å². The number of rotatable bonds is 7. The minimum atomic E-state index is -0.0393. The van der Waals surface area contributed by atoms with Gasteiger partial charge in [0.1, 0.15) is 11.3 Å². The highest BCUT2D eigenvalue weighted by Gasteiger charge is 2.46. The van der Waals surface area contributed by atoms with Gasteiger partial charge in [0.05, 0.1) is 17.1 Å². The van der Waals surface area contributed by atoms with Crippen LogP contribution in [0.4, 0.5) is 51.2 Å². The lowest BCUT2D eigenvalue weighted by molar-refractivity contribution is 0.589. The molecule has 2 aliphatic heterocycles. The Bertz CT molecular complexity index is 4280. The molecule has 5 heterocycles. The summed E-state index contributed by atoms with van der Waals surface area (Å²) in [4.78, 5) is 9.01. The normalized spacial score (nSPS) is 13.1. The van der Waals surface area contributed by atoms with Gasteiger partial charge >= 0.3 is 0 Å². The molecule has 0 aliphatic carbocycles. The number of thiophene rings is 2. The molecule has 7 heteroatoms. The lowest BCUT2D eigenvalue weighted by Crippen LogP contribution is -2.60. The van der Waals surface area contributed by atoms with Gasteiger partial charge in [-0.3, -0.25) is 0 Å². The van der Waals surface area contributed by atoms with Crippen molar-refractivity contribution in [3.8, 4) is 21.8 Å². The van der Waals surface area contributed by atoms with Crippen molar-refractivity contribution in [2.75, 3.05) is 14.7 Å². The molecular formula is C73H64BN3OS2. The number of anilines is 9. The Hall–Kier alpha value is -8.10. The molecule has 392 valence electrons. The minimum absolute atomic E-state index is 0.00872. The highest BCUT2D eigenvalue weighted by atomic mass is 32.1. The number of benzene rings is 9. The summed E-state index contributed by atoms with van der Waals surface area (Å²) in [5, 5.41) is 3.67. The van der Waals surface area contributed by atoms with Crippen LogP contribution in [-0.2, 0) is 10.8 Å². The van der Waals surface area contributed by atoms with Crippen molar-refractivity contribution in [2.45, 2.75) is 87.0 Å². The first-order chi connectivity index (χ1) is 38.5. The third-order valence-corrected chi connectivity index (χ3v) is 19.2. The molecule has 0 unspecified atom stereocenters. The number of fused-ring (bicyclic) bond motifs is 8. The fourth-order valence-electron chi connectivity index (χ4n) is 12.9. The van der Waals surface area contributed by atoms with E-state index in [9.17, 15) is 0 Å². The zero-order valence-corrected chi connectivity index (χ0v) is 49.2. The van der Waals surface area contributed by atoms with E-state index in [1.165, 1.54) is 119 Å². The quantitative estimate of drug-likeness (QED) is 0.148. The van der Waals surface area contributed by atoms with Crippen LogP contribution < -0.4 is 30.4 Å². The van der Waals surface area contributed by atoms with Crippen molar-refractivity contribution in [3.05, 3.63) is 227 Å². The molecule has 9 aromatic carbocycles. The van der Waals surface area contributed by atoms with Gasteiger partial charge in [-0.1, -0.05) is 145 Å². The Labute approximate surface area is 479 Å². The van der Waals surface area contributed by atoms with Crippen LogP contribution in [0, 0.1) is 34.6 Å². The molecule has 0 atom stereocenters. The fourth-order valence-corrected chi connectivity index (χ4v) is 15.2. The van der Waals surface area contributed by atoms with Crippen LogP contribution in [0.5, 0.6) is 0 Å². The standard InChI is InChI=1S/C73H64BN3OS2/c1-43-33-60-67-61(34-43)77(69-46(4)35-53(36-47(69)5)73(9,10)11)70-57-41-52(72(6,7)8)29-32-65(57)80-71(70)74(67)58-31-30-56(42-59(58)76(60)68-44(2)19-16-20-45(68)3)75(54-25-17-23-48(37-54)63-39-49-21-12-14-27-62(49)78-63)55-26-18-24-50(38-55)66-40-51-22-13-15-28-64(51)79-66/h12-42H,1-11H3. The Morgan fingerprint density at radius 1 is 0.450 bits per heavy atom. The van der Waals surface area contributed by atoms with E-state index in [-0.39, 0.29) is 17.5 Å². The van der Waals surface area contributed by atoms with Crippen LogP contribution in [0.15, 0.2) is 192 Å². The second-order valence-corrected chi connectivity index (χ2v) is 26.7. The van der Waals surface area contributed by atoms with Gasteiger partial charge in [0.2, 0.25) is 0 Å². The molecule has 3 aromatic heterocycles. The van der Waals surface area contributed by atoms with Gasteiger partial charge in [0.15, 0.2) is 0 Å².